The molecule has 2 aliphatic heterocycles. The van der Waals surface area contributed by atoms with Crippen LogP contribution >= 0.6 is 0 Å². The van der Waals surface area contributed by atoms with Crippen LogP contribution < -0.4 is 0 Å². The van der Waals surface area contributed by atoms with Gasteiger partial charge in [-0.05, 0) is 77.1 Å². The molecule has 1 amide bonds. The number of rotatable bonds is 8. The van der Waals surface area contributed by atoms with Gasteiger partial charge in [-0.3, -0.25) is 0 Å². The first-order valence-electron chi connectivity index (χ1n) is 14.1. The van der Waals surface area contributed by atoms with Crippen molar-refractivity contribution in [3.05, 3.63) is 66.2 Å². The summed E-state index contributed by atoms with van der Waals surface area (Å²) in [4.78, 5) is 17.7. The van der Waals surface area contributed by atoms with Gasteiger partial charge in [0, 0.05) is 44.2 Å². The zero-order valence-electron chi connectivity index (χ0n) is 24.2. The second kappa shape index (κ2) is 11.6. The molecule has 2 saturated heterocycles. The third-order valence-electron chi connectivity index (χ3n) is 8.47. The van der Waals surface area contributed by atoms with Crippen molar-refractivity contribution in [3.63, 3.8) is 0 Å². The van der Waals surface area contributed by atoms with Crippen LogP contribution in [0.2, 0.25) is 0 Å². The molecule has 2 fully saturated rings. The third-order valence-corrected chi connectivity index (χ3v) is 10.3. The van der Waals surface area contributed by atoms with Gasteiger partial charge in [-0.25, -0.2) is 17.5 Å². The van der Waals surface area contributed by atoms with Crippen molar-refractivity contribution >= 4 is 16.1 Å². The average molecular weight is 556 g/mol. The number of sulfonamides is 1. The maximum atomic E-state index is 13.3. The Morgan fingerprint density at radius 2 is 1.51 bits per heavy atom. The van der Waals surface area contributed by atoms with Crippen LogP contribution in [0.25, 0.3) is 0 Å². The Balaban J connectivity index is 1.43. The Bertz CT molecular complexity index is 1210. The lowest BCUT2D eigenvalue weighted by atomic mass is 9.78. The van der Waals surface area contributed by atoms with E-state index in [-0.39, 0.29) is 17.0 Å². The van der Waals surface area contributed by atoms with Gasteiger partial charge >= 0.3 is 6.09 Å². The van der Waals surface area contributed by atoms with E-state index in [0.29, 0.717) is 11.4 Å². The van der Waals surface area contributed by atoms with Gasteiger partial charge in [-0.1, -0.05) is 55.5 Å². The maximum Gasteiger partial charge on any atom is 0.410 e. The van der Waals surface area contributed by atoms with Gasteiger partial charge in [-0.15, -0.1) is 0 Å². The predicted molar refractivity (Wildman–Crippen MR) is 155 cm³/mol. The summed E-state index contributed by atoms with van der Waals surface area (Å²) in [5, 5.41) is 0. The first kappa shape index (κ1) is 29.6. The molecule has 214 valence electrons. The summed E-state index contributed by atoms with van der Waals surface area (Å²) in [5.74, 6) is 0. The van der Waals surface area contributed by atoms with E-state index < -0.39 is 15.6 Å². The molecule has 4 rings (SSSR count). The smallest absolute Gasteiger partial charge is 0.410 e. The minimum absolute atomic E-state index is 0.106. The van der Waals surface area contributed by atoms with Gasteiger partial charge < -0.3 is 14.5 Å². The fourth-order valence-electron chi connectivity index (χ4n) is 6.16. The van der Waals surface area contributed by atoms with Crippen molar-refractivity contribution in [3.8, 4) is 0 Å². The van der Waals surface area contributed by atoms with E-state index in [9.17, 15) is 13.2 Å². The largest absolute Gasteiger partial charge is 0.444 e. The molecule has 39 heavy (non-hydrogen) atoms. The Morgan fingerprint density at radius 3 is 2.10 bits per heavy atom. The monoisotopic (exact) mass is 555 g/mol. The number of likely N-dealkylation sites (tertiary alicyclic amines) is 2. The summed E-state index contributed by atoms with van der Waals surface area (Å²) < 4.78 is 33.9. The summed E-state index contributed by atoms with van der Waals surface area (Å²) >= 11 is 0. The van der Waals surface area contributed by atoms with Crippen LogP contribution in [0, 0.1) is 0 Å². The van der Waals surface area contributed by atoms with Gasteiger partial charge in [0.15, 0.2) is 0 Å². The van der Waals surface area contributed by atoms with Crippen LogP contribution in [0.3, 0.4) is 0 Å². The van der Waals surface area contributed by atoms with Crippen molar-refractivity contribution < 1.29 is 17.9 Å². The maximum absolute atomic E-state index is 13.3. The van der Waals surface area contributed by atoms with Gasteiger partial charge in [0.25, 0.3) is 0 Å². The van der Waals surface area contributed by atoms with Crippen LogP contribution in [0.15, 0.2) is 65.6 Å². The van der Waals surface area contributed by atoms with E-state index in [0.717, 1.165) is 63.8 Å². The number of nitrogens with zero attached hydrogens (tertiary/aromatic N) is 3. The number of carbonyl (C=O) groups is 1. The van der Waals surface area contributed by atoms with E-state index in [2.05, 4.69) is 24.0 Å². The summed E-state index contributed by atoms with van der Waals surface area (Å²) in [6, 6.07) is 18.9. The number of piperidine rings is 1. The molecule has 2 heterocycles. The third kappa shape index (κ3) is 6.84. The zero-order chi connectivity index (χ0) is 28.3. The van der Waals surface area contributed by atoms with Crippen molar-refractivity contribution in [2.45, 2.75) is 81.2 Å². The van der Waals surface area contributed by atoms with E-state index in [1.807, 2.05) is 49.9 Å². The van der Waals surface area contributed by atoms with E-state index in [1.54, 1.807) is 31.3 Å². The highest BCUT2D eigenvalue weighted by Crippen LogP contribution is 2.40. The van der Waals surface area contributed by atoms with Crippen molar-refractivity contribution in [1.29, 1.82) is 0 Å². The molecule has 8 heteroatoms. The fourth-order valence-corrected chi connectivity index (χ4v) is 7.48. The highest BCUT2D eigenvalue weighted by atomic mass is 32.2. The van der Waals surface area contributed by atoms with Crippen LogP contribution in [0.4, 0.5) is 4.79 Å². The summed E-state index contributed by atoms with van der Waals surface area (Å²) in [7, 11) is -1.92. The Kier molecular flexibility index (Phi) is 8.79. The quantitative estimate of drug-likeness (QED) is 0.429. The van der Waals surface area contributed by atoms with Gasteiger partial charge in [-0.2, -0.15) is 0 Å². The number of carbonyl (C=O) groups excluding carboxylic acids is 1. The molecule has 2 aromatic rings. The molecule has 7 nitrogen and oxygen atoms in total. The van der Waals surface area contributed by atoms with E-state index in [1.165, 1.54) is 4.31 Å². The first-order valence-corrected chi connectivity index (χ1v) is 15.6. The lowest BCUT2D eigenvalue weighted by Gasteiger charge is -2.45. The minimum Gasteiger partial charge on any atom is -0.444 e. The van der Waals surface area contributed by atoms with Crippen molar-refractivity contribution in [1.82, 2.24) is 14.1 Å². The molecule has 1 spiro atoms. The Morgan fingerprint density at radius 1 is 0.923 bits per heavy atom. The highest BCUT2D eigenvalue weighted by Gasteiger charge is 2.47. The predicted octanol–water partition coefficient (Wildman–Crippen LogP) is 5.52. The molecular weight excluding hydrogens is 510 g/mol. The molecule has 0 radical (unpaired) electrons. The van der Waals surface area contributed by atoms with Crippen LogP contribution in [-0.4, -0.2) is 79.5 Å². The van der Waals surface area contributed by atoms with Gasteiger partial charge in [0.05, 0.1) is 4.90 Å². The number of amides is 1. The normalized spacial score (nSPS) is 19.8. The van der Waals surface area contributed by atoms with Crippen LogP contribution in [0.5, 0.6) is 0 Å². The van der Waals surface area contributed by atoms with E-state index >= 15 is 0 Å². The fraction of sp³-hybridized carbons (Fsp3) is 0.581. The average Bonchev–Trinajstić information content (AvgIpc) is 3.31. The first-order chi connectivity index (χ1) is 18.3. The standard InChI is InChI=1S/C31H45N3O4S/c1-29(2,3)38-28(35)34-21-12-17-31(34)19-23-33(24-20-31)22-18-30(4,26-13-8-6-9-14-26)25-32(5)39(36,37)27-15-10-7-11-16-27/h6-11,13-16H,12,17-25H2,1-5H3. The van der Waals surface area contributed by atoms with Crippen molar-refractivity contribution in [2.24, 2.45) is 0 Å². The topological polar surface area (TPSA) is 70.2 Å². The molecule has 2 aliphatic rings. The SMILES string of the molecule is CN(CC(C)(CCN1CCC2(CCCN2C(=O)OC(C)(C)C)CC1)c1ccccc1)S(=O)(=O)c1ccccc1. The second-order valence-electron chi connectivity index (χ2n) is 12.6. The number of ether oxygens (including phenoxy) is 1. The lowest BCUT2D eigenvalue weighted by molar-refractivity contribution is -0.00723. The second-order valence-corrected chi connectivity index (χ2v) is 14.6. The number of hydrogen-bond donors (Lipinski definition) is 0. The molecule has 0 aliphatic carbocycles. The van der Waals surface area contributed by atoms with Crippen molar-refractivity contribution in [2.75, 3.05) is 39.8 Å². The Hall–Kier alpha value is -2.42. The molecule has 0 aromatic heterocycles. The molecule has 0 saturated carbocycles. The van der Waals surface area contributed by atoms with Crippen LogP contribution in [0.1, 0.15) is 65.4 Å². The minimum atomic E-state index is -3.60. The molecule has 0 N–H and O–H groups in total. The number of hydrogen-bond acceptors (Lipinski definition) is 5. The summed E-state index contributed by atoms with van der Waals surface area (Å²) in [5.41, 5.74) is 0.180. The highest BCUT2D eigenvalue weighted by molar-refractivity contribution is 7.89. The molecule has 2 aromatic carbocycles. The van der Waals surface area contributed by atoms with Gasteiger partial charge in [0.2, 0.25) is 10.0 Å². The van der Waals surface area contributed by atoms with E-state index in [4.69, 9.17) is 4.74 Å². The van der Waals surface area contributed by atoms with Crippen LogP contribution in [-0.2, 0) is 20.2 Å². The summed E-state index contributed by atoms with van der Waals surface area (Å²) in [6.45, 7) is 11.8. The molecular formula is C31H45N3O4S. The molecule has 1 unspecified atom stereocenters. The molecule has 0 bridgehead atoms. The number of likely N-dealkylation sites (N-methyl/N-ethyl adjacent to an activating group) is 1. The lowest BCUT2D eigenvalue weighted by Crippen LogP contribution is -2.55. The summed E-state index contributed by atoms with van der Waals surface area (Å²) in [6.07, 6.45) is 4.58. The zero-order valence-corrected chi connectivity index (χ0v) is 25.0. The Labute approximate surface area is 235 Å². The number of benzene rings is 2. The molecule has 1 atom stereocenters. The van der Waals surface area contributed by atoms with Gasteiger partial charge in [0.1, 0.15) is 5.60 Å².